The van der Waals surface area contributed by atoms with Gasteiger partial charge in [0.2, 0.25) is 0 Å². The third kappa shape index (κ3) is 3.42. The number of nitrogens with one attached hydrogen (secondary N) is 2. The molecule has 0 unspecified atom stereocenters. The highest BCUT2D eigenvalue weighted by atomic mass is 19.1. The fourth-order valence-electron chi connectivity index (χ4n) is 3.87. The van der Waals surface area contributed by atoms with Crippen molar-refractivity contribution < 1.29 is 4.39 Å². The van der Waals surface area contributed by atoms with Gasteiger partial charge in [0.05, 0.1) is 11.7 Å². The third-order valence-electron chi connectivity index (χ3n) is 5.27. The SMILES string of the molecule is Cc1cccc2cc(CCNc3nc(F)nc4[nH]cnc34)n(-c3ccccc3)c(=O)c12. The topological polar surface area (TPSA) is 88.5 Å². The molecule has 0 fully saturated rings. The minimum absolute atomic E-state index is 0.0560. The van der Waals surface area contributed by atoms with E-state index in [1.807, 2.05) is 61.5 Å². The van der Waals surface area contributed by atoms with Gasteiger partial charge in [-0.2, -0.15) is 14.4 Å². The highest BCUT2D eigenvalue weighted by Gasteiger charge is 2.14. The molecular weight excluding hydrogens is 395 g/mol. The fraction of sp³-hybridized carbons (Fsp3) is 0.130. The lowest BCUT2D eigenvalue weighted by Gasteiger charge is -2.16. The van der Waals surface area contributed by atoms with Crippen molar-refractivity contribution in [3.05, 3.63) is 88.6 Å². The van der Waals surface area contributed by atoms with E-state index >= 15 is 0 Å². The molecule has 0 saturated heterocycles. The molecule has 0 spiro atoms. The number of para-hydroxylation sites is 1. The number of nitrogens with zero attached hydrogens (tertiary/aromatic N) is 4. The summed E-state index contributed by atoms with van der Waals surface area (Å²) in [6, 6.07) is 17.4. The largest absolute Gasteiger partial charge is 0.368 e. The Morgan fingerprint density at radius 2 is 1.94 bits per heavy atom. The Labute approximate surface area is 176 Å². The van der Waals surface area contributed by atoms with E-state index in [1.54, 1.807) is 4.57 Å². The maximum absolute atomic E-state index is 13.7. The highest BCUT2D eigenvalue weighted by Crippen LogP contribution is 2.20. The van der Waals surface area contributed by atoms with Crippen LogP contribution in [-0.2, 0) is 6.42 Å². The number of aromatic amines is 1. The van der Waals surface area contributed by atoms with Gasteiger partial charge in [-0.15, -0.1) is 0 Å². The molecule has 2 N–H and O–H groups in total. The molecule has 3 heterocycles. The standard InChI is InChI=1S/C23H19FN6O/c1-14-6-5-7-15-12-17(30(22(31)18(14)15)16-8-3-2-4-9-16)10-11-25-20-19-21(27-13-26-19)29-23(24)28-20/h2-9,12-13H,10-11H2,1H3,(H2,25,26,27,28,29). The third-order valence-corrected chi connectivity index (χ3v) is 5.27. The van der Waals surface area contributed by atoms with Crippen molar-refractivity contribution >= 4 is 27.8 Å². The van der Waals surface area contributed by atoms with Crippen LogP contribution in [-0.4, -0.2) is 31.0 Å². The Kier molecular flexibility index (Phi) is 4.66. The maximum atomic E-state index is 13.7. The second kappa shape index (κ2) is 7.64. The number of imidazole rings is 1. The summed E-state index contributed by atoms with van der Waals surface area (Å²) < 4.78 is 15.5. The van der Waals surface area contributed by atoms with Crippen LogP contribution in [0.1, 0.15) is 11.3 Å². The van der Waals surface area contributed by atoms with Gasteiger partial charge in [-0.05, 0) is 36.1 Å². The van der Waals surface area contributed by atoms with E-state index in [9.17, 15) is 9.18 Å². The zero-order valence-electron chi connectivity index (χ0n) is 16.8. The Morgan fingerprint density at radius 1 is 1.10 bits per heavy atom. The van der Waals surface area contributed by atoms with Crippen LogP contribution in [0.25, 0.3) is 27.6 Å². The normalized spacial score (nSPS) is 11.3. The fourth-order valence-corrected chi connectivity index (χ4v) is 3.87. The van der Waals surface area contributed by atoms with Crippen LogP contribution < -0.4 is 10.9 Å². The predicted octanol–water partition coefficient (Wildman–Crippen LogP) is 3.76. The molecule has 0 radical (unpaired) electrons. The first kappa shape index (κ1) is 18.9. The van der Waals surface area contributed by atoms with Crippen LogP contribution in [0.15, 0.2) is 65.7 Å². The van der Waals surface area contributed by atoms with Crippen molar-refractivity contribution in [3.8, 4) is 5.69 Å². The number of aryl methyl sites for hydroxylation is 1. The summed E-state index contributed by atoms with van der Waals surface area (Å²) in [4.78, 5) is 27.9. The van der Waals surface area contributed by atoms with Gasteiger partial charge in [-0.3, -0.25) is 9.36 Å². The minimum Gasteiger partial charge on any atom is -0.368 e. The monoisotopic (exact) mass is 414 g/mol. The molecule has 2 aromatic carbocycles. The Bertz CT molecular complexity index is 1460. The van der Waals surface area contributed by atoms with E-state index in [4.69, 9.17) is 0 Å². The lowest BCUT2D eigenvalue weighted by Crippen LogP contribution is -2.24. The summed E-state index contributed by atoms with van der Waals surface area (Å²) in [6.07, 6.45) is 1.13. The average molecular weight is 414 g/mol. The molecule has 8 heteroatoms. The van der Waals surface area contributed by atoms with Crippen molar-refractivity contribution in [2.75, 3.05) is 11.9 Å². The second-order valence-electron chi connectivity index (χ2n) is 7.27. The van der Waals surface area contributed by atoms with E-state index in [1.165, 1.54) is 6.33 Å². The van der Waals surface area contributed by atoms with E-state index in [-0.39, 0.29) is 5.56 Å². The molecule has 0 bridgehead atoms. The molecule has 0 saturated carbocycles. The number of aromatic nitrogens is 5. The highest BCUT2D eigenvalue weighted by molar-refractivity contribution is 5.85. The van der Waals surface area contributed by atoms with Gasteiger partial charge < -0.3 is 10.3 Å². The lowest BCUT2D eigenvalue weighted by molar-refractivity contribution is 0.545. The first-order valence-electron chi connectivity index (χ1n) is 9.92. The summed E-state index contributed by atoms with van der Waals surface area (Å²) >= 11 is 0. The zero-order chi connectivity index (χ0) is 21.4. The van der Waals surface area contributed by atoms with Gasteiger partial charge in [-0.25, -0.2) is 4.98 Å². The van der Waals surface area contributed by atoms with E-state index in [0.29, 0.717) is 35.3 Å². The van der Waals surface area contributed by atoms with Crippen molar-refractivity contribution in [1.29, 1.82) is 0 Å². The van der Waals surface area contributed by atoms with Crippen LogP contribution >= 0.6 is 0 Å². The minimum atomic E-state index is -0.832. The van der Waals surface area contributed by atoms with Gasteiger partial charge in [0, 0.05) is 24.3 Å². The molecule has 5 rings (SSSR count). The first-order chi connectivity index (χ1) is 15.1. The molecule has 0 amide bonds. The molecule has 0 atom stereocenters. The first-order valence-corrected chi connectivity index (χ1v) is 9.92. The van der Waals surface area contributed by atoms with Crippen molar-refractivity contribution in [2.45, 2.75) is 13.3 Å². The number of pyridine rings is 1. The summed E-state index contributed by atoms with van der Waals surface area (Å²) in [5, 5.41) is 4.74. The zero-order valence-corrected chi connectivity index (χ0v) is 16.8. The molecule has 0 aliphatic carbocycles. The molecule has 154 valence electrons. The van der Waals surface area contributed by atoms with Gasteiger partial charge in [-0.1, -0.05) is 36.4 Å². The van der Waals surface area contributed by atoms with Crippen LogP contribution in [0.5, 0.6) is 0 Å². The van der Waals surface area contributed by atoms with Crippen LogP contribution in [0, 0.1) is 13.0 Å². The average Bonchev–Trinajstić information content (AvgIpc) is 3.23. The molecule has 31 heavy (non-hydrogen) atoms. The smallest absolute Gasteiger partial charge is 0.312 e. The Balaban J connectivity index is 1.54. The lowest BCUT2D eigenvalue weighted by atomic mass is 10.0. The molecule has 0 aliphatic heterocycles. The number of fused-ring (bicyclic) bond motifs is 2. The summed E-state index contributed by atoms with van der Waals surface area (Å²) in [7, 11) is 0. The number of rotatable bonds is 5. The number of benzene rings is 2. The quantitative estimate of drug-likeness (QED) is 0.428. The number of anilines is 1. The number of H-pyrrole nitrogens is 1. The summed E-state index contributed by atoms with van der Waals surface area (Å²) in [5.41, 5.74) is 3.33. The van der Waals surface area contributed by atoms with Crippen molar-refractivity contribution in [2.24, 2.45) is 0 Å². The summed E-state index contributed by atoms with van der Waals surface area (Å²) in [6.45, 7) is 2.38. The molecular formula is C23H19FN6O. The Hall–Kier alpha value is -4.07. The summed E-state index contributed by atoms with van der Waals surface area (Å²) in [5.74, 6) is 0.314. The van der Waals surface area contributed by atoms with Crippen molar-refractivity contribution in [1.82, 2.24) is 24.5 Å². The van der Waals surface area contributed by atoms with Gasteiger partial charge in [0.15, 0.2) is 11.5 Å². The molecule has 7 nitrogen and oxygen atoms in total. The maximum Gasteiger partial charge on any atom is 0.312 e. The number of hydrogen-bond acceptors (Lipinski definition) is 5. The predicted molar refractivity (Wildman–Crippen MR) is 118 cm³/mol. The van der Waals surface area contributed by atoms with E-state index < -0.39 is 6.08 Å². The number of halogens is 1. The molecule has 5 aromatic rings. The van der Waals surface area contributed by atoms with E-state index in [0.717, 1.165) is 22.3 Å². The van der Waals surface area contributed by atoms with Crippen molar-refractivity contribution in [3.63, 3.8) is 0 Å². The van der Waals surface area contributed by atoms with Gasteiger partial charge in [0.1, 0.15) is 5.52 Å². The van der Waals surface area contributed by atoms with Gasteiger partial charge >= 0.3 is 6.08 Å². The van der Waals surface area contributed by atoms with Gasteiger partial charge in [0.25, 0.3) is 5.56 Å². The van der Waals surface area contributed by atoms with Crippen LogP contribution in [0.2, 0.25) is 0 Å². The molecule has 3 aromatic heterocycles. The number of hydrogen-bond donors (Lipinski definition) is 2. The molecule has 0 aliphatic rings. The van der Waals surface area contributed by atoms with Crippen LogP contribution in [0.3, 0.4) is 0 Å². The Morgan fingerprint density at radius 3 is 2.77 bits per heavy atom. The van der Waals surface area contributed by atoms with Crippen LogP contribution in [0.4, 0.5) is 10.2 Å². The van der Waals surface area contributed by atoms with E-state index in [2.05, 4.69) is 25.3 Å². The second-order valence-corrected chi connectivity index (χ2v) is 7.27.